The number of imidazole rings is 1. The maximum atomic E-state index is 10.9. The van der Waals surface area contributed by atoms with Crippen LogP contribution in [0.5, 0.6) is 0 Å². The summed E-state index contributed by atoms with van der Waals surface area (Å²) in [5.41, 5.74) is 2.16. The number of para-hydroxylation sites is 1. The smallest absolute Gasteiger partial charge is 0.407 e. The summed E-state index contributed by atoms with van der Waals surface area (Å²) in [6, 6.07) is 9.76. The molecule has 36 heavy (non-hydrogen) atoms. The van der Waals surface area contributed by atoms with Gasteiger partial charge in [-0.1, -0.05) is 18.2 Å². The highest BCUT2D eigenvalue weighted by molar-refractivity contribution is 5.85. The van der Waals surface area contributed by atoms with E-state index in [1.54, 1.807) is 13.4 Å². The lowest BCUT2D eigenvalue weighted by Crippen LogP contribution is -2.38. The third-order valence-corrected chi connectivity index (χ3v) is 6.31. The van der Waals surface area contributed by atoms with E-state index < -0.39 is 18.1 Å². The van der Waals surface area contributed by atoms with E-state index in [4.69, 9.17) is 19.3 Å². The Morgan fingerprint density at radius 1 is 1.17 bits per heavy atom. The SMILES string of the molecule is CN(CCCNC[C@H]1O[C@@H](n2cnc3c(Nc4ccccc4)ncnc32)[C@@H]2OC(C)(C)O[C@@H]21)C(=O)O. The molecule has 3 aromatic rings. The fourth-order valence-electron chi connectivity index (χ4n) is 4.62. The Kier molecular flexibility index (Phi) is 6.75. The molecule has 2 aliphatic heterocycles. The molecule has 1 aromatic carbocycles. The second-order valence-electron chi connectivity index (χ2n) is 9.43. The van der Waals surface area contributed by atoms with Gasteiger partial charge < -0.3 is 34.9 Å². The Bertz CT molecular complexity index is 1200. The van der Waals surface area contributed by atoms with Gasteiger partial charge in [-0.25, -0.2) is 19.7 Å². The zero-order chi connectivity index (χ0) is 25.3. The molecular formula is C24H31N7O5. The van der Waals surface area contributed by atoms with E-state index in [1.165, 1.54) is 11.2 Å². The van der Waals surface area contributed by atoms with E-state index in [0.717, 1.165) is 5.69 Å². The zero-order valence-corrected chi connectivity index (χ0v) is 20.5. The molecule has 2 aromatic heterocycles. The van der Waals surface area contributed by atoms with Crippen molar-refractivity contribution >= 4 is 28.8 Å². The number of carbonyl (C=O) groups is 1. The number of amides is 1. The van der Waals surface area contributed by atoms with Crippen LogP contribution in [0.1, 0.15) is 26.5 Å². The van der Waals surface area contributed by atoms with Crippen molar-refractivity contribution in [1.29, 1.82) is 0 Å². The zero-order valence-electron chi connectivity index (χ0n) is 20.5. The Morgan fingerprint density at radius 3 is 2.72 bits per heavy atom. The standard InChI is InChI=1S/C24H31N7O5/c1-24(2)35-18-16(12-25-10-7-11-30(3)23(32)33)34-22(19(18)36-24)31-14-28-17-20(26-13-27-21(17)31)29-15-8-5-4-6-9-15/h4-6,8-9,13-14,16,18-19,22,25H,7,10-12H2,1-3H3,(H,32,33)(H,26,27,29)/t16-,18-,19-,22-/m1/s1. The summed E-state index contributed by atoms with van der Waals surface area (Å²) in [6.07, 6.45) is 1.59. The normalized spacial score (nSPS) is 24.6. The van der Waals surface area contributed by atoms with Crippen LogP contribution in [0.2, 0.25) is 0 Å². The molecule has 12 heteroatoms. The number of fused-ring (bicyclic) bond motifs is 2. The van der Waals surface area contributed by atoms with Crippen LogP contribution >= 0.6 is 0 Å². The summed E-state index contributed by atoms with van der Waals surface area (Å²) in [4.78, 5) is 25.7. The highest BCUT2D eigenvalue weighted by atomic mass is 16.8. The lowest BCUT2D eigenvalue weighted by atomic mass is 10.1. The molecule has 0 spiro atoms. The van der Waals surface area contributed by atoms with Gasteiger partial charge in [-0.15, -0.1) is 0 Å². The van der Waals surface area contributed by atoms with Crippen LogP contribution < -0.4 is 10.6 Å². The molecule has 2 fully saturated rings. The third kappa shape index (κ3) is 4.98. The van der Waals surface area contributed by atoms with Gasteiger partial charge in [0.05, 0.1) is 6.33 Å². The van der Waals surface area contributed by atoms with Gasteiger partial charge in [0.15, 0.2) is 29.0 Å². The maximum absolute atomic E-state index is 10.9. The molecule has 3 N–H and O–H groups in total. The molecule has 12 nitrogen and oxygen atoms in total. The Hall–Kier alpha value is -3.32. The van der Waals surface area contributed by atoms with Gasteiger partial charge in [0.2, 0.25) is 0 Å². The van der Waals surface area contributed by atoms with E-state index in [0.29, 0.717) is 43.0 Å². The van der Waals surface area contributed by atoms with Crippen LogP contribution in [-0.2, 0) is 14.2 Å². The monoisotopic (exact) mass is 497 g/mol. The molecule has 2 saturated heterocycles. The average Bonchev–Trinajstić information content (AvgIpc) is 3.51. The van der Waals surface area contributed by atoms with E-state index in [1.807, 2.05) is 48.7 Å². The second-order valence-corrected chi connectivity index (χ2v) is 9.43. The first-order valence-electron chi connectivity index (χ1n) is 12.0. The van der Waals surface area contributed by atoms with Crippen molar-refractivity contribution in [2.45, 2.75) is 50.6 Å². The fourth-order valence-corrected chi connectivity index (χ4v) is 4.62. The first-order chi connectivity index (χ1) is 17.3. The number of anilines is 2. The van der Waals surface area contributed by atoms with E-state index in [9.17, 15) is 4.79 Å². The van der Waals surface area contributed by atoms with Crippen molar-refractivity contribution < 1.29 is 24.1 Å². The predicted molar refractivity (Wildman–Crippen MR) is 131 cm³/mol. The molecule has 0 saturated carbocycles. The molecule has 4 atom stereocenters. The molecule has 2 aliphatic rings. The number of benzene rings is 1. The molecule has 5 rings (SSSR count). The van der Waals surface area contributed by atoms with Crippen LogP contribution in [0.4, 0.5) is 16.3 Å². The number of rotatable bonds is 9. The average molecular weight is 498 g/mol. The highest BCUT2D eigenvalue weighted by Crippen LogP contribution is 2.43. The van der Waals surface area contributed by atoms with Crippen LogP contribution in [-0.4, -0.2) is 86.4 Å². The summed E-state index contributed by atoms with van der Waals surface area (Å²) >= 11 is 0. The first kappa shape index (κ1) is 24.4. The van der Waals surface area contributed by atoms with Crippen molar-refractivity contribution in [1.82, 2.24) is 29.7 Å². The molecule has 0 radical (unpaired) electrons. The van der Waals surface area contributed by atoms with E-state index in [2.05, 4.69) is 25.6 Å². The molecule has 0 bridgehead atoms. The van der Waals surface area contributed by atoms with Gasteiger partial charge in [-0.3, -0.25) is 4.57 Å². The molecule has 0 unspecified atom stereocenters. The van der Waals surface area contributed by atoms with Crippen molar-refractivity contribution in [3.8, 4) is 0 Å². The third-order valence-electron chi connectivity index (χ3n) is 6.31. The molecule has 192 valence electrons. The molecule has 4 heterocycles. The van der Waals surface area contributed by atoms with Crippen LogP contribution in [0, 0.1) is 0 Å². The summed E-state index contributed by atoms with van der Waals surface area (Å²) < 4.78 is 20.7. The predicted octanol–water partition coefficient (Wildman–Crippen LogP) is 2.58. The largest absolute Gasteiger partial charge is 0.465 e. The van der Waals surface area contributed by atoms with Crippen LogP contribution in [0.15, 0.2) is 43.0 Å². The molecule has 0 aliphatic carbocycles. The highest BCUT2D eigenvalue weighted by Gasteiger charge is 2.56. The quantitative estimate of drug-likeness (QED) is 0.378. The number of nitrogens with zero attached hydrogens (tertiary/aromatic N) is 5. The van der Waals surface area contributed by atoms with Gasteiger partial charge in [0, 0.05) is 25.8 Å². The van der Waals surface area contributed by atoms with Crippen molar-refractivity contribution in [3.05, 3.63) is 43.0 Å². The van der Waals surface area contributed by atoms with Crippen molar-refractivity contribution in [2.75, 3.05) is 32.0 Å². The number of ether oxygens (including phenoxy) is 3. The number of nitrogens with one attached hydrogen (secondary N) is 2. The second kappa shape index (κ2) is 9.97. The van der Waals surface area contributed by atoms with Crippen molar-refractivity contribution in [2.24, 2.45) is 0 Å². The topological polar surface area (TPSA) is 136 Å². The van der Waals surface area contributed by atoms with Gasteiger partial charge in [-0.2, -0.15) is 0 Å². The number of hydrogen-bond acceptors (Lipinski definition) is 9. The van der Waals surface area contributed by atoms with Gasteiger partial charge >= 0.3 is 6.09 Å². The van der Waals surface area contributed by atoms with Gasteiger partial charge in [0.25, 0.3) is 0 Å². The first-order valence-corrected chi connectivity index (χ1v) is 12.0. The van der Waals surface area contributed by atoms with E-state index in [-0.39, 0.29) is 18.3 Å². The molecular weight excluding hydrogens is 466 g/mol. The maximum Gasteiger partial charge on any atom is 0.407 e. The number of carboxylic acid groups (broad SMARTS) is 1. The van der Waals surface area contributed by atoms with Crippen LogP contribution in [0.3, 0.4) is 0 Å². The minimum Gasteiger partial charge on any atom is -0.465 e. The summed E-state index contributed by atoms with van der Waals surface area (Å²) in [6.45, 7) is 5.43. The minimum absolute atomic E-state index is 0.264. The molecule has 1 amide bonds. The lowest BCUT2D eigenvalue weighted by molar-refractivity contribution is -0.195. The Morgan fingerprint density at radius 2 is 1.94 bits per heavy atom. The van der Waals surface area contributed by atoms with Crippen LogP contribution in [0.25, 0.3) is 11.2 Å². The number of hydrogen-bond donors (Lipinski definition) is 3. The van der Waals surface area contributed by atoms with Gasteiger partial charge in [0.1, 0.15) is 24.6 Å². The summed E-state index contributed by atoms with van der Waals surface area (Å²) in [5.74, 6) is -0.140. The Balaban J connectivity index is 1.31. The lowest BCUT2D eigenvalue weighted by Gasteiger charge is -2.25. The summed E-state index contributed by atoms with van der Waals surface area (Å²) in [5, 5.41) is 15.6. The van der Waals surface area contributed by atoms with Gasteiger partial charge in [-0.05, 0) is 38.9 Å². The summed E-state index contributed by atoms with van der Waals surface area (Å²) in [7, 11) is 1.56. The fraction of sp³-hybridized carbons (Fsp3) is 0.500. The Labute approximate surface area is 208 Å². The minimum atomic E-state index is -0.933. The van der Waals surface area contributed by atoms with Crippen molar-refractivity contribution in [3.63, 3.8) is 0 Å². The number of aromatic nitrogens is 4. The van der Waals surface area contributed by atoms with E-state index >= 15 is 0 Å².